The zero-order valence-electron chi connectivity index (χ0n) is 9.65. The van der Waals surface area contributed by atoms with Crippen LogP contribution in [-0.2, 0) is 10.0 Å². The molecule has 0 heterocycles. The minimum atomic E-state index is -3.57. The normalized spacial score (nSPS) is 11.8. The molecule has 0 atom stereocenters. The zero-order valence-corrected chi connectivity index (χ0v) is 10.5. The molecule has 2 aromatic rings. The van der Waals surface area contributed by atoms with E-state index in [1.54, 1.807) is 0 Å². The molecule has 0 fully saturated rings. The first-order valence-electron chi connectivity index (χ1n) is 5.41. The molecule has 0 spiro atoms. The maximum absolute atomic E-state index is 10.8. The molecule has 0 radical (unpaired) electrons. The van der Waals surface area contributed by atoms with Crippen molar-refractivity contribution in [3.8, 4) is 11.1 Å². The van der Waals surface area contributed by atoms with Gasteiger partial charge in [0.2, 0.25) is 10.0 Å². The summed E-state index contributed by atoms with van der Waals surface area (Å²) in [5.74, 6) is 0. The fourth-order valence-electron chi connectivity index (χ4n) is 1.59. The van der Waals surface area contributed by atoms with Gasteiger partial charge in [0.05, 0.1) is 0 Å². The molecule has 0 aliphatic carbocycles. The third-order valence-electron chi connectivity index (χ3n) is 2.47. The van der Waals surface area contributed by atoms with Crippen molar-refractivity contribution in [2.24, 2.45) is 5.14 Å². The van der Waals surface area contributed by atoms with Crippen LogP contribution in [0.5, 0.6) is 0 Å². The van der Waals surface area contributed by atoms with E-state index in [2.05, 4.69) is 0 Å². The molecule has 2 rings (SSSR count). The Morgan fingerprint density at radius 1 is 0.833 bits per heavy atom. The molecule has 0 saturated carbocycles. The van der Waals surface area contributed by atoms with Gasteiger partial charge in [-0.1, -0.05) is 54.6 Å². The molecule has 18 heavy (non-hydrogen) atoms. The van der Waals surface area contributed by atoms with Gasteiger partial charge in [0.1, 0.15) is 0 Å². The number of nitrogens with two attached hydrogens (primary N) is 1. The van der Waals surface area contributed by atoms with Crippen LogP contribution >= 0.6 is 0 Å². The van der Waals surface area contributed by atoms with Crippen molar-refractivity contribution in [1.29, 1.82) is 0 Å². The van der Waals surface area contributed by atoms with Crippen molar-refractivity contribution in [2.75, 3.05) is 0 Å². The second-order valence-corrected chi connectivity index (χ2v) is 5.33. The van der Waals surface area contributed by atoms with E-state index in [9.17, 15) is 8.42 Å². The van der Waals surface area contributed by atoms with E-state index in [0.717, 1.165) is 22.1 Å². The molecule has 0 aliphatic heterocycles. The number of hydrogen-bond donors (Lipinski definition) is 1. The van der Waals surface area contributed by atoms with Gasteiger partial charge < -0.3 is 0 Å². The predicted molar refractivity (Wildman–Crippen MR) is 74.0 cm³/mol. The third kappa shape index (κ3) is 3.55. The van der Waals surface area contributed by atoms with E-state index in [1.807, 2.05) is 54.6 Å². The van der Waals surface area contributed by atoms with Gasteiger partial charge in [-0.3, -0.25) is 0 Å². The first kappa shape index (κ1) is 12.5. The molecule has 92 valence electrons. The Morgan fingerprint density at radius 3 is 1.94 bits per heavy atom. The number of rotatable bonds is 3. The minimum absolute atomic E-state index is 0.795. The van der Waals surface area contributed by atoms with Crippen LogP contribution in [0.1, 0.15) is 5.56 Å². The summed E-state index contributed by atoms with van der Waals surface area (Å²) < 4.78 is 21.6. The van der Waals surface area contributed by atoms with Crippen LogP contribution in [0.15, 0.2) is 60.0 Å². The van der Waals surface area contributed by atoms with Crippen molar-refractivity contribution in [1.82, 2.24) is 0 Å². The largest absolute Gasteiger partial charge is 0.231 e. The summed E-state index contributed by atoms with van der Waals surface area (Å²) in [4.78, 5) is 0. The highest BCUT2D eigenvalue weighted by Gasteiger charge is 1.97. The highest BCUT2D eigenvalue weighted by Crippen LogP contribution is 2.19. The Labute approximate surface area is 107 Å². The average molecular weight is 259 g/mol. The van der Waals surface area contributed by atoms with Gasteiger partial charge in [-0.15, -0.1) is 0 Å². The fraction of sp³-hybridized carbons (Fsp3) is 0. The van der Waals surface area contributed by atoms with E-state index in [4.69, 9.17) is 5.14 Å². The molecule has 2 N–H and O–H groups in total. The van der Waals surface area contributed by atoms with Gasteiger partial charge in [0.25, 0.3) is 0 Å². The summed E-state index contributed by atoms with van der Waals surface area (Å²) in [7, 11) is -3.57. The number of hydrogen-bond acceptors (Lipinski definition) is 2. The van der Waals surface area contributed by atoms with Crippen LogP contribution in [0.25, 0.3) is 17.2 Å². The molecular formula is C14H13NO2S. The van der Waals surface area contributed by atoms with E-state index in [0.29, 0.717) is 0 Å². The molecule has 0 bridgehead atoms. The van der Waals surface area contributed by atoms with Gasteiger partial charge >= 0.3 is 0 Å². The van der Waals surface area contributed by atoms with E-state index in [1.165, 1.54) is 6.08 Å². The lowest BCUT2D eigenvalue weighted by molar-refractivity contribution is 0.606. The Morgan fingerprint density at radius 2 is 1.39 bits per heavy atom. The van der Waals surface area contributed by atoms with Crippen molar-refractivity contribution < 1.29 is 8.42 Å². The van der Waals surface area contributed by atoms with Crippen LogP contribution in [0, 0.1) is 0 Å². The highest BCUT2D eigenvalue weighted by atomic mass is 32.2. The van der Waals surface area contributed by atoms with E-state index < -0.39 is 10.0 Å². The SMILES string of the molecule is NS(=O)(=O)/C=C/c1ccc(-c2ccccc2)cc1. The first-order chi connectivity index (χ1) is 8.54. The Bertz CT molecular complexity index is 644. The lowest BCUT2D eigenvalue weighted by atomic mass is 10.0. The molecule has 0 unspecified atom stereocenters. The van der Waals surface area contributed by atoms with Gasteiger partial charge in [-0.25, -0.2) is 13.6 Å². The molecule has 4 heteroatoms. The second-order valence-electron chi connectivity index (χ2n) is 3.88. The van der Waals surface area contributed by atoms with E-state index in [-0.39, 0.29) is 0 Å². The number of sulfonamides is 1. The topological polar surface area (TPSA) is 60.2 Å². The minimum Gasteiger partial charge on any atom is -0.225 e. The number of benzene rings is 2. The first-order valence-corrected chi connectivity index (χ1v) is 7.02. The lowest BCUT2D eigenvalue weighted by Gasteiger charge is -2.01. The predicted octanol–water partition coefficient (Wildman–Crippen LogP) is 2.61. The summed E-state index contributed by atoms with van der Waals surface area (Å²) in [5, 5.41) is 5.88. The van der Waals surface area contributed by atoms with Gasteiger partial charge in [0.15, 0.2) is 0 Å². The summed E-state index contributed by atoms with van der Waals surface area (Å²) in [6.45, 7) is 0. The standard InChI is InChI=1S/C14H13NO2S/c15-18(16,17)11-10-12-6-8-14(9-7-12)13-4-2-1-3-5-13/h1-11H,(H2,15,16,17)/b11-10+. The molecule has 2 aromatic carbocycles. The van der Waals surface area contributed by atoms with Gasteiger partial charge in [-0.2, -0.15) is 0 Å². The molecular weight excluding hydrogens is 246 g/mol. The smallest absolute Gasteiger partial charge is 0.225 e. The second kappa shape index (κ2) is 5.16. The Hall–Kier alpha value is -1.91. The fourth-order valence-corrected chi connectivity index (χ4v) is 1.94. The molecule has 0 aromatic heterocycles. The monoisotopic (exact) mass is 259 g/mol. The van der Waals surface area contributed by atoms with Crippen LogP contribution < -0.4 is 5.14 Å². The maximum atomic E-state index is 10.8. The van der Waals surface area contributed by atoms with Crippen LogP contribution in [0.2, 0.25) is 0 Å². The van der Waals surface area contributed by atoms with Gasteiger partial charge in [-0.05, 0) is 22.8 Å². The molecule has 0 aliphatic rings. The van der Waals surface area contributed by atoms with E-state index >= 15 is 0 Å². The number of primary sulfonamides is 1. The lowest BCUT2D eigenvalue weighted by Crippen LogP contribution is -2.06. The highest BCUT2D eigenvalue weighted by molar-refractivity contribution is 7.92. The third-order valence-corrected chi connectivity index (χ3v) is 2.98. The van der Waals surface area contributed by atoms with Crippen molar-refractivity contribution in [3.63, 3.8) is 0 Å². The zero-order chi connectivity index (χ0) is 13.0. The van der Waals surface area contributed by atoms with Crippen molar-refractivity contribution >= 4 is 16.1 Å². The summed E-state index contributed by atoms with van der Waals surface area (Å²) in [5.41, 5.74) is 3.01. The average Bonchev–Trinajstić information content (AvgIpc) is 2.37. The van der Waals surface area contributed by atoms with Crippen LogP contribution in [0.4, 0.5) is 0 Å². The Kier molecular flexibility index (Phi) is 3.60. The van der Waals surface area contributed by atoms with Gasteiger partial charge in [0, 0.05) is 5.41 Å². The quantitative estimate of drug-likeness (QED) is 0.921. The summed E-state index contributed by atoms with van der Waals surface area (Å²) in [6, 6.07) is 17.6. The maximum Gasteiger partial charge on any atom is 0.231 e. The summed E-state index contributed by atoms with van der Waals surface area (Å²) in [6.07, 6.45) is 1.48. The van der Waals surface area contributed by atoms with Crippen molar-refractivity contribution in [2.45, 2.75) is 0 Å². The van der Waals surface area contributed by atoms with Crippen LogP contribution in [-0.4, -0.2) is 8.42 Å². The Balaban J connectivity index is 2.24. The molecule has 0 amide bonds. The summed E-state index contributed by atoms with van der Waals surface area (Å²) >= 11 is 0. The van der Waals surface area contributed by atoms with Crippen molar-refractivity contribution in [3.05, 3.63) is 65.6 Å². The molecule has 0 saturated heterocycles. The molecule has 3 nitrogen and oxygen atoms in total. The van der Waals surface area contributed by atoms with Crippen LogP contribution in [0.3, 0.4) is 0 Å².